The molecule has 4 heteroatoms. The molecule has 114 valence electrons. The number of methoxy groups -OCH3 is 1. The quantitative estimate of drug-likeness (QED) is 0.725. The molecule has 0 unspecified atom stereocenters. The van der Waals surface area contributed by atoms with Crippen molar-refractivity contribution < 1.29 is 9.47 Å². The van der Waals surface area contributed by atoms with E-state index in [1.807, 2.05) is 37.3 Å². The fraction of sp³-hybridized carbons (Fsp3) is 0.158. The van der Waals surface area contributed by atoms with E-state index in [1.54, 1.807) is 25.4 Å². The number of fused-ring (bicyclic) bond motifs is 1. The van der Waals surface area contributed by atoms with Crippen LogP contribution in [-0.2, 0) is 0 Å². The highest BCUT2D eigenvalue weighted by Crippen LogP contribution is 2.38. The molecule has 4 nitrogen and oxygen atoms in total. The van der Waals surface area contributed by atoms with E-state index in [0.29, 0.717) is 18.1 Å². The SMILES string of the molecule is CCOc1ncc(-c2ccc(C#N)cc2)c2c(OC)cccc12. The van der Waals surface area contributed by atoms with Crippen LogP contribution < -0.4 is 9.47 Å². The van der Waals surface area contributed by atoms with E-state index in [4.69, 9.17) is 14.7 Å². The number of pyridine rings is 1. The first-order valence-electron chi connectivity index (χ1n) is 7.37. The molecule has 1 heterocycles. The summed E-state index contributed by atoms with van der Waals surface area (Å²) in [6.45, 7) is 2.48. The van der Waals surface area contributed by atoms with Crippen molar-refractivity contribution in [3.05, 3.63) is 54.2 Å². The van der Waals surface area contributed by atoms with Crippen molar-refractivity contribution in [2.75, 3.05) is 13.7 Å². The van der Waals surface area contributed by atoms with Crippen LogP contribution >= 0.6 is 0 Å². The number of aromatic nitrogens is 1. The summed E-state index contributed by atoms with van der Waals surface area (Å²) in [5.74, 6) is 1.36. The van der Waals surface area contributed by atoms with Gasteiger partial charge in [-0.25, -0.2) is 4.98 Å². The van der Waals surface area contributed by atoms with Crippen LogP contribution in [-0.4, -0.2) is 18.7 Å². The molecular formula is C19H16N2O2. The molecule has 1 aromatic heterocycles. The molecular weight excluding hydrogens is 288 g/mol. The van der Waals surface area contributed by atoms with E-state index in [9.17, 15) is 0 Å². The predicted molar refractivity (Wildman–Crippen MR) is 89.6 cm³/mol. The minimum atomic E-state index is 0.551. The van der Waals surface area contributed by atoms with Gasteiger partial charge in [-0.2, -0.15) is 5.26 Å². The predicted octanol–water partition coefficient (Wildman–Crippen LogP) is 4.18. The summed E-state index contributed by atoms with van der Waals surface area (Å²) >= 11 is 0. The molecule has 0 amide bonds. The monoisotopic (exact) mass is 304 g/mol. The molecule has 0 aliphatic heterocycles. The first-order chi connectivity index (χ1) is 11.3. The zero-order valence-electron chi connectivity index (χ0n) is 13.0. The maximum Gasteiger partial charge on any atom is 0.221 e. The number of rotatable bonds is 4. The van der Waals surface area contributed by atoms with E-state index in [-0.39, 0.29) is 0 Å². The van der Waals surface area contributed by atoms with Crippen LogP contribution in [0.1, 0.15) is 12.5 Å². The smallest absolute Gasteiger partial charge is 0.221 e. The average Bonchev–Trinajstić information content (AvgIpc) is 2.62. The van der Waals surface area contributed by atoms with E-state index in [0.717, 1.165) is 27.6 Å². The molecule has 0 aliphatic rings. The number of benzene rings is 2. The molecule has 0 saturated heterocycles. The molecule has 0 N–H and O–H groups in total. The minimum absolute atomic E-state index is 0.551. The van der Waals surface area contributed by atoms with Gasteiger partial charge in [0.1, 0.15) is 5.75 Å². The van der Waals surface area contributed by atoms with Crippen molar-refractivity contribution in [1.29, 1.82) is 5.26 Å². The Bertz CT molecular complexity index is 880. The fourth-order valence-electron chi connectivity index (χ4n) is 2.61. The summed E-state index contributed by atoms with van der Waals surface area (Å²) in [7, 11) is 1.65. The fourth-order valence-corrected chi connectivity index (χ4v) is 2.61. The molecule has 0 saturated carbocycles. The van der Waals surface area contributed by atoms with Gasteiger partial charge in [0, 0.05) is 22.5 Å². The van der Waals surface area contributed by atoms with Gasteiger partial charge in [0.25, 0.3) is 0 Å². The van der Waals surface area contributed by atoms with E-state index in [2.05, 4.69) is 11.1 Å². The summed E-state index contributed by atoms with van der Waals surface area (Å²) in [5, 5.41) is 10.8. The first kappa shape index (κ1) is 14.9. The zero-order chi connectivity index (χ0) is 16.2. The molecule has 0 spiro atoms. The highest BCUT2D eigenvalue weighted by molar-refractivity contribution is 6.02. The van der Waals surface area contributed by atoms with Gasteiger partial charge >= 0.3 is 0 Å². The highest BCUT2D eigenvalue weighted by Gasteiger charge is 2.14. The normalized spacial score (nSPS) is 10.3. The summed E-state index contributed by atoms with van der Waals surface area (Å²) in [5.41, 5.74) is 2.56. The number of hydrogen-bond acceptors (Lipinski definition) is 4. The van der Waals surface area contributed by atoms with Crippen LogP contribution in [0.4, 0.5) is 0 Å². The Morgan fingerprint density at radius 1 is 1.13 bits per heavy atom. The van der Waals surface area contributed by atoms with Crippen LogP contribution in [0.25, 0.3) is 21.9 Å². The van der Waals surface area contributed by atoms with Gasteiger partial charge < -0.3 is 9.47 Å². The Hall–Kier alpha value is -3.06. The lowest BCUT2D eigenvalue weighted by atomic mass is 9.99. The van der Waals surface area contributed by atoms with Crippen molar-refractivity contribution in [3.63, 3.8) is 0 Å². The largest absolute Gasteiger partial charge is 0.496 e. The first-order valence-corrected chi connectivity index (χ1v) is 7.37. The Kier molecular flexibility index (Phi) is 4.11. The Balaban J connectivity index is 2.28. The molecule has 0 atom stereocenters. The van der Waals surface area contributed by atoms with Crippen LogP contribution in [0.3, 0.4) is 0 Å². The zero-order valence-corrected chi connectivity index (χ0v) is 13.0. The van der Waals surface area contributed by atoms with Crippen LogP contribution in [0, 0.1) is 11.3 Å². The molecule has 0 radical (unpaired) electrons. The number of nitrogens with zero attached hydrogens (tertiary/aromatic N) is 2. The number of ether oxygens (including phenoxy) is 2. The topological polar surface area (TPSA) is 55.1 Å². The lowest BCUT2D eigenvalue weighted by Crippen LogP contribution is -1.97. The number of hydrogen-bond donors (Lipinski definition) is 0. The van der Waals surface area contributed by atoms with Crippen molar-refractivity contribution in [3.8, 4) is 28.8 Å². The summed E-state index contributed by atoms with van der Waals surface area (Å²) in [6.07, 6.45) is 1.79. The Labute approximate surface area is 134 Å². The molecule has 3 rings (SSSR count). The van der Waals surface area contributed by atoms with Crippen molar-refractivity contribution in [1.82, 2.24) is 4.98 Å². The van der Waals surface area contributed by atoms with Crippen LogP contribution in [0.15, 0.2) is 48.7 Å². The number of nitriles is 1. The van der Waals surface area contributed by atoms with Gasteiger partial charge in [0.15, 0.2) is 0 Å². The average molecular weight is 304 g/mol. The second-order valence-electron chi connectivity index (χ2n) is 4.98. The lowest BCUT2D eigenvalue weighted by Gasteiger charge is -2.13. The van der Waals surface area contributed by atoms with Gasteiger partial charge in [-0.1, -0.05) is 18.2 Å². The van der Waals surface area contributed by atoms with Crippen LogP contribution in [0.5, 0.6) is 11.6 Å². The second kappa shape index (κ2) is 6.37. The maximum absolute atomic E-state index is 8.95. The standard InChI is InChI=1S/C19H16N2O2/c1-3-23-19-15-5-4-6-17(22-2)18(15)16(12-21-19)14-9-7-13(11-20)8-10-14/h4-10,12H,3H2,1-2H3. The molecule has 0 fully saturated rings. The van der Waals surface area contributed by atoms with Gasteiger partial charge in [-0.3, -0.25) is 0 Å². The molecule has 2 aromatic carbocycles. The molecule has 0 bridgehead atoms. The van der Waals surface area contributed by atoms with E-state index >= 15 is 0 Å². The molecule has 0 aliphatic carbocycles. The van der Waals surface area contributed by atoms with Gasteiger partial charge in [0.2, 0.25) is 5.88 Å². The van der Waals surface area contributed by atoms with Crippen LogP contribution in [0.2, 0.25) is 0 Å². The molecule has 3 aromatic rings. The third-order valence-electron chi connectivity index (χ3n) is 3.66. The second-order valence-corrected chi connectivity index (χ2v) is 4.98. The molecule has 23 heavy (non-hydrogen) atoms. The summed E-state index contributed by atoms with van der Waals surface area (Å²) < 4.78 is 11.2. The van der Waals surface area contributed by atoms with Crippen molar-refractivity contribution in [2.45, 2.75) is 6.92 Å². The Morgan fingerprint density at radius 2 is 1.91 bits per heavy atom. The van der Waals surface area contributed by atoms with E-state index < -0.39 is 0 Å². The van der Waals surface area contributed by atoms with Gasteiger partial charge in [0.05, 0.1) is 25.3 Å². The van der Waals surface area contributed by atoms with E-state index in [1.165, 1.54) is 0 Å². The van der Waals surface area contributed by atoms with Crippen molar-refractivity contribution in [2.24, 2.45) is 0 Å². The van der Waals surface area contributed by atoms with Crippen molar-refractivity contribution >= 4 is 10.8 Å². The van der Waals surface area contributed by atoms with Gasteiger partial charge in [-0.05, 0) is 36.8 Å². The summed E-state index contributed by atoms with van der Waals surface area (Å²) in [6, 6.07) is 15.4. The third-order valence-corrected chi connectivity index (χ3v) is 3.66. The van der Waals surface area contributed by atoms with Gasteiger partial charge in [-0.15, -0.1) is 0 Å². The summed E-state index contributed by atoms with van der Waals surface area (Å²) in [4.78, 5) is 4.45. The highest BCUT2D eigenvalue weighted by atomic mass is 16.5. The Morgan fingerprint density at radius 3 is 2.57 bits per heavy atom. The minimum Gasteiger partial charge on any atom is -0.496 e. The lowest BCUT2D eigenvalue weighted by molar-refractivity contribution is 0.331. The third kappa shape index (κ3) is 2.69. The maximum atomic E-state index is 8.95.